The molecule has 1 saturated heterocycles. The van der Waals surface area contributed by atoms with E-state index in [-0.39, 0.29) is 13.1 Å². The molecule has 3 rings (SSSR count). The van der Waals surface area contributed by atoms with Gasteiger partial charge in [-0.05, 0) is 17.7 Å². The third-order valence-electron chi connectivity index (χ3n) is 5.28. The average molecular weight is 407 g/mol. The van der Waals surface area contributed by atoms with E-state index in [0.717, 1.165) is 25.8 Å². The maximum Gasteiger partial charge on any atom is 0.318 e. The van der Waals surface area contributed by atoms with E-state index >= 15 is 0 Å². The third kappa shape index (κ3) is 3.60. The van der Waals surface area contributed by atoms with Crippen LogP contribution in [0.3, 0.4) is 0 Å². The Morgan fingerprint density at radius 2 is 1.69 bits per heavy atom. The van der Waals surface area contributed by atoms with Crippen LogP contribution in [-0.2, 0) is 31.0 Å². The van der Waals surface area contributed by atoms with Gasteiger partial charge in [-0.15, -0.1) is 0 Å². The Morgan fingerprint density at radius 3 is 2.31 bits per heavy atom. The van der Waals surface area contributed by atoms with Crippen LogP contribution in [0.15, 0.2) is 42.5 Å². The smallest absolute Gasteiger partial charge is 0.318 e. The summed E-state index contributed by atoms with van der Waals surface area (Å²) in [7, 11) is 2.16. The van der Waals surface area contributed by atoms with Gasteiger partial charge >= 0.3 is 11.9 Å². The highest BCUT2D eigenvalue weighted by atomic mass is 19.2. The quantitative estimate of drug-likeness (QED) is 0.564. The van der Waals surface area contributed by atoms with E-state index in [9.17, 15) is 22.8 Å². The van der Waals surface area contributed by atoms with Crippen LogP contribution in [-0.4, -0.2) is 44.1 Å². The minimum absolute atomic E-state index is 0.0218. The Labute approximate surface area is 166 Å². The van der Waals surface area contributed by atoms with Crippen molar-refractivity contribution in [3.05, 3.63) is 71.0 Å². The second-order valence-corrected chi connectivity index (χ2v) is 6.91. The van der Waals surface area contributed by atoms with Gasteiger partial charge in [-0.2, -0.15) is 0 Å². The molecule has 8 heteroatoms. The molecule has 1 aliphatic rings. The molecule has 0 N–H and O–H groups in total. The van der Waals surface area contributed by atoms with Gasteiger partial charge in [0.2, 0.25) is 0 Å². The summed E-state index contributed by atoms with van der Waals surface area (Å²) in [6.45, 7) is 0.0450. The first-order valence-electron chi connectivity index (χ1n) is 8.91. The van der Waals surface area contributed by atoms with E-state index in [1.54, 1.807) is 4.90 Å². The summed E-state index contributed by atoms with van der Waals surface area (Å²) in [5.41, 5.74) is -2.04. The number of likely N-dealkylation sites (tertiary alicyclic amines) is 1. The van der Waals surface area contributed by atoms with Crippen LogP contribution in [0.1, 0.15) is 11.1 Å². The zero-order chi connectivity index (χ0) is 21.2. The van der Waals surface area contributed by atoms with Crippen molar-refractivity contribution < 1.29 is 32.2 Å². The SMILES string of the molecule is COC(=O)C1CN(Cc2ccccc2)CC1(C(=O)OC)c1c(F)ccc(F)c1F. The topological polar surface area (TPSA) is 55.8 Å². The zero-order valence-corrected chi connectivity index (χ0v) is 16.0. The molecule has 2 atom stereocenters. The maximum atomic E-state index is 14.8. The lowest BCUT2D eigenvalue weighted by atomic mass is 9.71. The largest absolute Gasteiger partial charge is 0.469 e. The molecule has 0 aromatic heterocycles. The Balaban J connectivity index is 2.15. The summed E-state index contributed by atoms with van der Waals surface area (Å²) < 4.78 is 53.1. The summed E-state index contributed by atoms with van der Waals surface area (Å²) in [5, 5.41) is 0. The molecule has 5 nitrogen and oxygen atoms in total. The molecule has 1 fully saturated rings. The number of esters is 2. The van der Waals surface area contributed by atoms with Crippen LogP contribution in [0.2, 0.25) is 0 Å². The van der Waals surface area contributed by atoms with E-state index in [0.29, 0.717) is 12.6 Å². The number of hydrogen-bond acceptors (Lipinski definition) is 5. The fraction of sp³-hybridized carbons (Fsp3) is 0.333. The minimum Gasteiger partial charge on any atom is -0.469 e. The van der Waals surface area contributed by atoms with E-state index in [4.69, 9.17) is 9.47 Å². The van der Waals surface area contributed by atoms with Gasteiger partial charge < -0.3 is 9.47 Å². The second-order valence-electron chi connectivity index (χ2n) is 6.91. The average Bonchev–Trinajstić information content (AvgIpc) is 3.10. The third-order valence-corrected chi connectivity index (χ3v) is 5.28. The number of halogens is 3. The zero-order valence-electron chi connectivity index (χ0n) is 16.0. The number of nitrogens with zero attached hydrogens (tertiary/aromatic N) is 1. The second kappa shape index (κ2) is 8.24. The molecule has 2 aromatic carbocycles. The number of benzene rings is 2. The Hall–Kier alpha value is -2.87. The molecular weight excluding hydrogens is 387 g/mol. The van der Waals surface area contributed by atoms with Crippen molar-refractivity contribution in [3.8, 4) is 0 Å². The molecule has 0 bridgehead atoms. The van der Waals surface area contributed by atoms with Gasteiger partial charge in [0, 0.05) is 25.2 Å². The fourth-order valence-corrected chi connectivity index (χ4v) is 4.00. The lowest BCUT2D eigenvalue weighted by Crippen LogP contribution is -2.49. The van der Waals surface area contributed by atoms with Crippen molar-refractivity contribution in [2.75, 3.05) is 27.3 Å². The summed E-state index contributed by atoms with van der Waals surface area (Å²) in [4.78, 5) is 27.1. The molecule has 29 heavy (non-hydrogen) atoms. The van der Waals surface area contributed by atoms with Crippen LogP contribution >= 0.6 is 0 Å². The monoisotopic (exact) mass is 407 g/mol. The van der Waals surface area contributed by atoms with Gasteiger partial charge in [-0.25, -0.2) is 13.2 Å². The molecule has 0 saturated carbocycles. The van der Waals surface area contributed by atoms with Gasteiger partial charge in [-0.1, -0.05) is 30.3 Å². The first kappa shape index (κ1) is 20.9. The number of carbonyl (C=O) groups is 2. The van der Waals surface area contributed by atoms with Gasteiger partial charge in [-0.3, -0.25) is 14.5 Å². The molecule has 2 aromatic rings. The van der Waals surface area contributed by atoms with Crippen molar-refractivity contribution in [3.63, 3.8) is 0 Å². The van der Waals surface area contributed by atoms with Crippen molar-refractivity contribution in [1.82, 2.24) is 4.90 Å². The van der Waals surface area contributed by atoms with Gasteiger partial charge in [0.15, 0.2) is 11.6 Å². The van der Waals surface area contributed by atoms with E-state index in [2.05, 4.69) is 0 Å². The summed E-state index contributed by atoms with van der Waals surface area (Å²) in [5.74, 6) is -7.14. The predicted molar refractivity (Wildman–Crippen MR) is 97.2 cm³/mol. The van der Waals surface area contributed by atoms with Crippen molar-refractivity contribution >= 4 is 11.9 Å². The first-order valence-corrected chi connectivity index (χ1v) is 8.91. The maximum absolute atomic E-state index is 14.8. The standard InChI is InChI=1S/C21H20F3NO4/c1-28-19(26)14-11-25(10-13-6-4-3-5-7-13)12-21(14,20(27)29-2)17-15(22)8-9-16(23)18(17)24/h3-9,14H,10-12H2,1-2H3. The Kier molecular flexibility index (Phi) is 5.93. The fourth-order valence-electron chi connectivity index (χ4n) is 4.00. The highest BCUT2D eigenvalue weighted by Gasteiger charge is 2.60. The number of ether oxygens (including phenoxy) is 2. The molecule has 2 unspecified atom stereocenters. The first-order chi connectivity index (χ1) is 13.8. The number of hydrogen-bond donors (Lipinski definition) is 0. The normalized spacial score (nSPS) is 21.8. The molecule has 0 radical (unpaired) electrons. The van der Waals surface area contributed by atoms with Crippen LogP contribution in [0.5, 0.6) is 0 Å². The van der Waals surface area contributed by atoms with E-state index in [1.165, 1.54) is 0 Å². The van der Waals surface area contributed by atoms with Gasteiger partial charge in [0.05, 0.1) is 20.1 Å². The predicted octanol–water partition coefficient (Wildman–Crippen LogP) is 2.82. The Bertz CT molecular complexity index is 922. The minimum atomic E-state index is -2.09. The number of carbonyl (C=O) groups excluding carboxylic acids is 2. The highest BCUT2D eigenvalue weighted by Crippen LogP contribution is 2.44. The van der Waals surface area contributed by atoms with Crippen LogP contribution in [0, 0.1) is 23.4 Å². The summed E-state index contributed by atoms with van der Waals surface area (Å²) in [6.07, 6.45) is 0. The lowest BCUT2D eigenvalue weighted by Gasteiger charge is -2.31. The van der Waals surface area contributed by atoms with Crippen LogP contribution in [0.25, 0.3) is 0 Å². The van der Waals surface area contributed by atoms with E-state index < -0.39 is 46.3 Å². The van der Waals surface area contributed by atoms with Gasteiger partial charge in [0.25, 0.3) is 0 Å². The number of methoxy groups -OCH3 is 2. The van der Waals surface area contributed by atoms with Crippen molar-refractivity contribution in [2.24, 2.45) is 5.92 Å². The summed E-state index contributed by atoms with van der Waals surface area (Å²) in [6, 6.07) is 10.5. The van der Waals surface area contributed by atoms with Crippen molar-refractivity contribution in [1.29, 1.82) is 0 Å². The molecule has 1 aliphatic heterocycles. The number of rotatable bonds is 5. The molecule has 0 amide bonds. The van der Waals surface area contributed by atoms with Crippen LogP contribution < -0.4 is 0 Å². The lowest BCUT2D eigenvalue weighted by molar-refractivity contribution is -0.157. The molecule has 0 aliphatic carbocycles. The van der Waals surface area contributed by atoms with Crippen molar-refractivity contribution in [2.45, 2.75) is 12.0 Å². The highest BCUT2D eigenvalue weighted by molar-refractivity contribution is 5.92. The molecule has 154 valence electrons. The summed E-state index contributed by atoms with van der Waals surface area (Å²) >= 11 is 0. The van der Waals surface area contributed by atoms with Gasteiger partial charge in [0.1, 0.15) is 11.2 Å². The molecule has 1 heterocycles. The van der Waals surface area contributed by atoms with E-state index in [1.807, 2.05) is 30.3 Å². The van der Waals surface area contributed by atoms with Crippen LogP contribution in [0.4, 0.5) is 13.2 Å². The molecular formula is C21H20F3NO4. The Morgan fingerprint density at radius 1 is 1.03 bits per heavy atom. The molecule has 0 spiro atoms.